The molecule has 0 spiro atoms. The third kappa shape index (κ3) is 3.78. The van der Waals surface area contributed by atoms with E-state index in [1.54, 1.807) is 36.3 Å². The molecule has 2 N–H and O–H groups in total. The van der Waals surface area contributed by atoms with Crippen LogP contribution in [0.4, 0.5) is 0 Å². The Labute approximate surface area is 162 Å². The second-order valence-corrected chi connectivity index (χ2v) is 6.22. The summed E-state index contributed by atoms with van der Waals surface area (Å²) in [7, 11) is 1.63. The van der Waals surface area contributed by atoms with Gasteiger partial charge in [-0.1, -0.05) is 18.2 Å². The maximum Gasteiger partial charge on any atom is 0.251 e. The molecule has 0 unspecified atom stereocenters. The van der Waals surface area contributed by atoms with E-state index in [-0.39, 0.29) is 5.91 Å². The fourth-order valence-corrected chi connectivity index (χ4v) is 2.85. The van der Waals surface area contributed by atoms with Crippen LogP contribution in [0, 0.1) is 0 Å². The number of nitrogens with zero attached hydrogens (tertiary/aromatic N) is 3. The van der Waals surface area contributed by atoms with E-state index in [4.69, 9.17) is 4.74 Å². The van der Waals surface area contributed by atoms with E-state index in [0.29, 0.717) is 12.1 Å². The van der Waals surface area contributed by atoms with E-state index in [1.165, 1.54) is 0 Å². The van der Waals surface area contributed by atoms with Crippen molar-refractivity contribution in [2.24, 2.45) is 0 Å². The molecule has 7 nitrogen and oxygen atoms in total. The number of aromatic nitrogens is 4. The topological polar surface area (TPSA) is 84.8 Å². The molecule has 0 saturated heterocycles. The average molecular weight is 373 g/mol. The molecule has 0 aliphatic carbocycles. The molecular formula is C21H19N5O2. The molecule has 0 fully saturated rings. The molecular weight excluding hydrogens is 354 g/mol. The Hall–Kier alpha value is -3.87. The molecule has 28 heavy (non-hydrogen) atoms. The molecule has 2 aromatic carbocycles. The van der Waals surface area contributed by atoms with Crippen LogP contribution in [0.2, 0.25) is 0 Å². The van der Waals surface area contributed by atoms with Gasteiger partial charge in [0, 0.05) is 36.1 Å². The number of rotatable bonds is 6. The molecule has 4 rings (SSSR count). The lowest BCUT2D eigenvalue weighted by atomic mass is 10.1. The largest absolute Gasteiger partial charge is 0.497 e. The van der Waals surface area contributed by atoms with Gasteiger partial charge in [-0.15, -0.1) is 0 Å². The van der Waals surface area contributed by atoms with Crippen LogP contribution >= 0.6 is 0 Å². The number of methoxy groups -OCH3 is 1. The number of hydrogen-bond donors (Lipinski definition) is 2. The Kier molecular flexibility index (Phi) is 4.88. The van der Waals surface area contributed by atoms with Crippen molar-refractivity contribution in [2.45, 2.75) is 6.54 Å². The SMILES string of the molecule is COc1cccc(-n2cc(CNC(=O)c3ccc(-c4ccn[nH]4)cc3)cn2)c1. The highest BCUT2D eigenvalue weighted by atomic mass is 16.5. The quantitative estimate of drug-likeness (QED) is 0.544. The summed E-state index contributed by atoms with van der Waals surface area (Å²) >= 11 is 0. The zero-order chi connectivity index (χ0) is 19.3. The van der Waals surface area contributed by atoms with Crippen molar-refractivity contribution in [3.63, 3.8) is 0 Å². The number of nitrogens with one attached hydrogen (secondary N) is 2. The minimum Gasteiger partial charge on any atom is -0.497 e. The lowest BCUT2D eigenvalue weighted by molar-refractivity contribution is 0.0951. The van der Waals surface area contributed by atoms with Crippen molar-refractivity contribution < 1.29 is 9.53 Å². The van der Waals surface area contributed by atoms with Gasteiger partial charge >= 0.3 is 0 Å². The predicted octanol–water partition coefficient (Wildman–Crippen LogP) is 3.20. The minimum atomic E-state index is -0.134. The van der Waals surface area contributed by atoms with Crippen molar-refractivity contribution >= 4 is 5.91 Å². The summed E-state index contributed by atoms with van der Waals surface area (Å²) in [6.07, 6.45) is 5.32. The fourth-order valence-electron chi connectivity index (χ4n) is 2.85. The van der Waals surface area contributed by atoms with E-state index >= 15 is 0 Å². The summed E-state index contributed by atoms with van der Waals surface area (Å²) in [4.78, 5) is 12.4. The Bertz CT molecular complexity index is 1070. The van der Waals surface area contributed by atoms with Gasteiger partial charge in [0.25, 0.3) is 5.91 Å². The number of hydrogen-bond acceptors (Lipinski definition) is 4. The standard InChI is InChI=1S/C21H19N5O2/c1-28-19-4-2-3-18(11-19)26-14-15(13-24-26)12-22-21(27)17-7-5-16(6-8-17)20-9-10-23-25-20/h2-11,13-14H,12H2,1H3,(H,22,27)(H,23,25). The van der Waals surface area contributed by atoms with Crippen LogP contribution in [-0.2, 0) is 6.54 Å². The van der Waals surface area contributed by atoms with Crippen molar-refractivity contribution in [1.82, 2.24) is 25.3 Å². The van der Waals surface area contributed by atoms with Gasteiger partial charge in [-0.2, -0.15) is 10.2 Å². The van der Waals surface area contributed by atoms with Crippen LogP contribution in [0.5, 0.6) is 5.75 Å². The fraction of sp³-hybridized carbons (Fsp3) is 0.0952. The summed E-state index contributed by atoms with van der Waals surface area (Å²) in [6, 6.07) is 16.9. The molecule has 7 heteroatoms. The first-order chi connectivity index (χ1) is 13.7. The van der Waals surface area contributed by atoms with Crippen molar-refractivity contribution in [3.8, 4) is 22.7 Å². The van der Waals surface area contributed by atoms with E-state index in [2.05, 4.69) is 20.6 Å². The smallest absolute Gasteiger partial charge is 0.251 e. The lowest BCUT2D eigenvalue weighted by Crippen LogP contribution is -2.22. The monoisotopic (exact) mass is 373 g/mol. The second kappa shape index (κ2) is 7.79. The lowest BCUT2D eigenvalue weighted by Gasteiger charge is -2.05. The first-order valence-corrected chi connectivity index (χ1v) is 8.79. The van der Waals surface area contributed by atoms with Gasteiger partial charge in [0.1, 0.15) is 5.75 Å². The third-order valence-corrected chi connectivity index (χ3v) is 4.37. The van der Waals surface area contributed by atoms with Gasteiger partial charge in [0.2, 0.25) is 0 Å². The molecule has 0 aliphatic rings. The van der Waals surface area contributed by atoms with E-state index in [9.17, 15) is 4.79 Å². The first kappa shape index (κ1) is 17.5. The molecule has 1 amide bonds. The van der Waals surface area contributed by atoms with Gasteiger partial charge in [-0.05, 0) is 35.9 Å². The molecule has 140 valence electrons. The number of carbonyl (C=O) groups excluding carboxylic acids is 1. The normalized spacial score (nSPS) is 10.6. The molecule has 0 saturated carbocycles. The summed E-state index contributed by atoms with van der Waals surface area (Å²) in [5.74, 6) is 0.631. The zero-order valence-electron chi connectivity index (χ0n) is 15.3. The molecule has 2 aromatic heterocycles. The van der Waals surface area contributed by atoms with Gasteiger partial charge in [0.05, 0.1) is 24.7 Å². The highest BCUT2D eigenvalue weighted by Crippen LogP contribution is 2.17. The zero-order valence-corrected chi connectivity index (χ0v) is 15.3. The van der Waals surface area contributed by atoms with Gasteiger partial charge < -0.3 is 10.1 Å². The molecule has 0 radical (unpaired) electrons. The molecule has 2 heterocycles. The first-order valence-electron chi connectivity index (χ1n) is 8.79. The Morgan fingerprint density at radius 2 is 2.04 bits per heavy atom. The number of H-pyrrole nitrogens is 1. The maximum absolute atomic E-state index is 12.4. The summed E-state index contributed by atoms with van der Waals surface area (Å²) < 4.78 is 6.99. The summed E-state index contributed by atoms with van der Waals surface area (Å²) in [5, 5.41) is 14.1. The van der Waals surface area contributed by atoms with Crippen LogP contribution in [0.3, 0.4) is 0 Å². The van der Waals surface area contributed by atoms with Gasteiger partial charge in [-0.3, -0.25) is 9.89 Å². The Balaban J connectivity index is 1.39. The highest BCUT2D eigenvalue weighted by molar-refractivity contribution is 5.94. The highest BCUT2D eigenvalue weighted by Gasteiger charge is 2.08. The van der Waals surface area contributed by atoms with E-state index < -0.39 is 0 Å². The summed E-state index contributed by atoms with van der Waals surface area (Å²) in [6.45, 7) is 0.394. The number of carbonyl (C=O) groups is 1. The van der Waals surface area contributed by atoms with Crippen molar-refractivity contribution in [3.05, 3.63) is 84.3 Å². The second-order valence-electron chi connectivity index (χ2n) is 6.22. The number of aromatic amines is 1. The van der Waals surface area contributed by atoms with Crippen LogP contribution in [0.25, 0.3) is 16.9 Å². The van der Waals surface area contributed by atoms with Crippen LogP contribution < -0.4 is 10.1 Å². The van der Waals surface area contributed by atoms with Crippen molar-refractivity contribution in [1.29, 1.82) is 0 Å². The Morgan fingerprint density at radius 1 is 1.18 bits per heavy atom. The molecule has 4 aromatic rings. The number of ether oxygens (including phenoxy) is 1. The number of benzene rings is 2. The van der Waals surface area contributed by atoms with E-state index in [0.717, 1.165) is 28.3 Å². The Morgan fingerprint density at radius 3 is 2.79 bits per heavy atom. The molecule has 0 bridgehead atoms. The summed E-state index contributed by atoms with van der Waals surface area (Å²) in [5.41, 5.74) is 4.30. The van der Waals surface area contributed by atoms with Crippen LogP contribution in [-0.4, -0.2) is 33.0 Å². The predicted molar refractivity (Wildman–Crippen MR) is 105 cm³/mol. The molecule has 0 atom stereocenters. The minimum absolute atomic E-state index is 0.134. The van der Waals surface area contributed by atoms with Crippen molar-refractivity contribution in [2.75, 3.05) is 7.11 Å². The maximum atomic E-state index is 12.4. The van der Waals surface area contributed by atoms with Crippen LogP contribution in [0.15, 0.2) is 73.2 Å². The average Bonchev–Trinajstić information content (AvgIpc) is 3.44. The van der Waals surface area contributed by atoms with Gasteiger partial charge in [-0.25, -0.2) is 4.68 Å². The van der Waals surface area contributed by atoms with Gasteiger partial charge in [0.15, 0.2) is 0 Å². The number of amides is 1. The molecule has 0 aliphatic heterocycles. The van der Waals surface area contributed by atoms with Crippen LogP contribution in [0.1, 0.15) is 15.9 Å². The van der Waals surface area contributed by atoms with E-state index in [1.807, 2.05) is 48.7 Å². The third-order valence-electron chi connectivity index (χ3n) is 4.37.